The molecule has 0 heterocycles. The molecule has 1 aromatic carbocycles. The largest absolute Gasteiger partial charge is 0.481 e. The Labute approximate surface area is 159 Å². The van der Waals surface area contributed by atoms with Gasteiger partial charge in [-0.25, -0.2) is 0 Å². The molecule has 0 radical (unpaired) electrons. The van der Waals surface area contributed by atoms with Gasteiger partial charge in [0.2, 0.25) is 0 Å². The quantitative estimate of drug-likeness (QED) is 0.351. The predicted molar refractivity (Wildman–Crippen MR) is 101 cm³/mol. The molecule has 6 nitrogen and oxygen atoms in total. The van der Waals surface area contributed by atoms with Crippen molar-refractivity contribution in [3.63, 3.8) is 0 Å². The van der Waals surface area contributed by atoms with Crippen LogP contribution in [0.1, 0.15) is 31.2 Å². The number of rotatable bonds is 9. The van der Waals surface area contributed by atoms with Crippen molar-refractivity contribution >= 4 is 11.7 Å². The van der Waals surface area contributed by atoms with E-state index in [1.807, 2.05) is 36.4 Å². The van der Waals surface area contributed by atoms with Crippen LogP contribution >= 0.6 is 0 Å². The van der Waals surface area contributed by atoms with Crippen molar-refractivity contribution in [3.05, 3.63) is 48.0 Å². The number of aliphatic hydroxyl groups excluding tert-OH is 2. The van der Waals surface area contributed by atoms with E-state index >= 15 is 0 Å². The van der Waals surface area contributed by atoms with E-state index < -0.39 is 18.2 Å². The Kier molecular flexibility index (Phi) is 6.63. The van der Waals surface area contributed by atoms with Crippen LogP contribution in [-0.2, 0) is 16.1 Å². The van der Waals surface area contributed by atoms with Gasteiger partial charge in [-0.2, -0.15) is 0 Å². The zero-order valence-corrected chi connectivity index (χ0v) is 15.3. The van der Waals surface area contributed by atoms with Crippen molar-refractivity contribution in [3.8, 4) is 0 Å². The van der Waals surface area contributed by atoms with Gasteiger partial charge in [-0.05, 0) is 30.7 Å². The summed E-state index contributed by atoms with van der Waals surface area (Å²) in [6.45, 7) is 0.296. The van der Waals surface area contributed by atoms with Gasteiger partial charge in [0, 0.05) is 24.7 Å². The fourth-order valence-corrected chi connectivity index (χ4v) is 3.95. The van der Waals surface area contributed by atoms with Crippen molar-refractivity contribution in [1.82, 2.24) is 0 Å². The molecule has 2 fully saturated rings. The minimum absolute atomic E-state index is 0.0186. The smallest absolute Gasteiger partial charge is 0.303 e. The monoisotopic (exact) mass is 373 g/mol. The molecule has 2 aliphatic carbocycles. The average Bonchev–Trinajstić information content (AvgIpc) is 2.87. The van der Waals surface area contributed by atoms with Crippen LogP contribution in [0, 0.1) is 17.8 Å². The standard InChI is InChI=1S/C21H27NO5/c23-16(11-14-5-2-1-3-6-14)9-8-15-12-17-18(21(15)26)13-19(17)22-27-10-4-7-20(24)25/h1-3,5-6,8-9,15-18,21,23,26H,4,7,10-13H2,(H,24,25)/t15?,16?,17-,18+,21?/m0/s1. The van der Waals surface area contributed by atoms with E-state index in [0.29, 0.717) is 19.4 Å². The van der Waals surface area contributed by atoms with Gasteiger partial charge in [0.25, 0.3) is 0 Å². The van der Waals surface area contributed by atoms with Crippen molar-refractivity contribution in [2.45, 2.75) is 44.3 Å². The third kappa shape index (κ3) is 5.17. The number of hydrogen-bond donors (Lipinski definition) is 3. The molecule has 146 valence electrons. The number of nitrogens with zero attached hydrogens (tertiary/aromatic N) is 1. The molecule has 0 spiro atoms. The van der Waals surface area contributed by atoms with Crippen LogP contribution in [0.5, 0.6) is 0 Å². The summed E-state index contributed by atoms with van der Waals surface area (Å²) in [5.74, 6) is -0.393. The van der Waals surface area contributed by atoms with Crippen LogP contribution in [0.25, 0.3) is 0 Å². The van der Waals surface area contributed by atoms with E-state index in [1.165, 1.54) is 0 Å². The first-order chi connectivity index (χ1) is 13.0. The number of oxime groups is 1. The maximum atomic E-state index is 10.5. The van der Waals surface area contributed by atoms with Crippen molar-refractivity contribution in [2.24, 2.45) is 22.9 Å². The topological polar surface area (TPSA) is 99.4 Å². The summed E-state index contributed by atoms with van der Waals surface area (Å²) in [6.07, 6.45) is 5.34. The van der Waals surface area contributed by atoms with Crippen LogP contribution in [0.15, 0.2) is 47.6 Å². The molecule has 0 amide bonds. The van der Waals surface area contributed by atoms with Gasteiger partial charge >= 0.3 is 5.97 Å². The molecule has 27 heavy (non-hydrogen) atoms. The van der Waals surface area contributed by atoms with E-state index in [1.54, 1.807) is 6.08 Å². The molecule has 3 rings (SSSR count). The Morgan fingerprint density at radius 3 is 2.85 bits per heavy atom. The van der Waals surface area contributed by atoms with E-state index in [0.717, 1.165) is 24.1 Å². The van der Waals surface area contributed by atoms with Gasteiger partial charge in [-0.1, -0.05) is 47.6 Å². The molecule has 0 bridgehead atoms. The number of carboxylic acid groups (broad SMARTS) is 1. The normalized spacial score (nSPS) is 29.5. The number of benzene rings is 1. The summed E-state index contributed by atoms with van der Waals surface area (Å²) in [7, 11) is 0. The molecule has 2 aliphatic rings. The van der Waals surface area contributed by atoms with E-state index in [4.69, 9.17) is 9.94 Å². The van der Waals surface area contributed by atoms with Crippen LogP contribution in [0.2, 0.25) is 0 Å². The Balaban J connectivity index is 1.45. The van der Waals surface area contributed by atoms with Gasteiger partial charge in [0.05, 0.1) is 17.9 Å². The molecule has 3 N–H and O–H groups in total. The SMILES string of the molecule is O=C(O)CCCON=C1C[C@H]2C(O)C(C=CC(O)Cc3ccccc3)C[C@H]12. The second-order valence-corrected chi connectivity index (χ2v) is 7.42. The minimum Gasteiger partial charge on any atom is -0.481 e. The summed E-state index contributed by atoms with van der Waals surface area (Å²) < 4.78 is 0. The Hall–Kier alpha value is -2.18. The number of fused-ring (bicyclic) bond motifs is 1. The first-order valence-corrected chi connectivity index (χ1v) is 9.53. The fourth-order valence-electron chi connectivity index (χ4n) is 3.95. The van der Waals surface area contributed by atoms with Gasteiger partial charge in [-0.15, -0.1) is 0 Å². The van der Waals surface area contributed by atoms with Crippen LogP contribution in [0.4, 0.5) is 0 Å². The zero-order chi connectivity index (χ0) is 19.2. The first kappa shape index (κ1) is 19.6. The summed E-state index contributed by atoms with van der Waals surface area (Å²) in [5.41, 5.74) is 2.03. The number of carbonyl (C=O) groups is 1. The lowest BCUT2D eigenvalue weighted by Crippen LogP contribution is -2.38. The van der Waals surface area contributed by atoms with E-state index in [9.17, 15) is 15.0 Å². The lowest BCUT2D eigenvalue weighted by atomic mass is 9.73. The highest BCUT2D eigenvalue weighted by Gasteiger charge is 2.51. The van der Waals surface area contributed by atoms with Gasteiger partial charge < -0.3 is 20.2 Å². The fraction of sp³-hybridized carbons (Fsp3) is 0.524. The maximum absolute atomic E-state index is 10.5. The molecule has 5 atom stereocenters. The minimum atomic E-state index is -0.835. The van der Waals surface area contributed by atoms with Crippen molar-refractivity contribution < 1.29 is 25.0 Å². The Morgan fingerprint density at radius 2 is 2.11 bits per heavy atom. The molecular weight excluding hydrogens is 346 g/mol. The lowest BCUT2D eigenvalue weighted by molar-refractivity contribution is -0.137. The highest BCUT2D eigenvalue weighted by molar-refractivity contribution is 5.93. The highest BCUT2D eigenvalue weighted by Crippen LogP contribution is 2.48. The van der Waals surface area contributed by atoms with Gasteiger partial charge in [0.15, 0.2) is 0 Å². The molecule has 0 saturated heterocycles. The van der Waals surface area contributed by atoms with Crippen molar-refractivity contribution in [2.75, 3.05) is 6.61 Å². The maximum Gasteiger partial charge on any atom is 0.303 e. The summed E-state index contributed by atoms with van der Waals surface area (Å²) in [5, 5.41) is 33.4. The lowest BCUT2D eigenvalue weighted by Gasteiger charge is -2.33. The summed E-state index contributed by atoms with van der Waals surface area (Å²) in [6, 6.07) is 9.83. The Morgan fingerprint density at radius 1 is 1.33 bits per heavy atom. The average molecular weight is 373 g/mol. The van der Waals surface area contributed by atoms with Crippen molar-refractivity contribution in [1.29, 1.82) is 0 Å². The Bertz CT molecular complexity index is 687. The second-order valence-electron chi connectivity index (χ2n) is 7.42. The third-order valence-corrected chi connectivity index (χ3v) is 5.47. The van der Waals surface area contributed by atoms with E-state index in [2.05, 4.69) is 5.16 Å². The molecule has 0 aliphatic heterocycles. The molecule has 2 saturated carbocycles. The number of aliphatic carboxylic acids is 1. The second kappa shape index (κ2) is 9.15. The summed E-state index contributed by atoms with van der Waals surface area (Å²) >= 11 is 0. The molecular formula is C21H27NO5. The molecule has 6 heteroatoms. The number of aliphatic hydroxyl groups is 2. The highest BCUT2D eigenvalue weighted by atomic mass is 16.6. The van der Waals surface area contributed by atoms with Gasteiger partial charge in [0.1, 0.15) is 6.61 Å². The van der Waals surface area contributed by atoms with Gasteiger partial charge in [-0.3, -0.25) is 4.79 Å². The molecule has 0 aromatic heterocycles. The third-order valence-electron chi connectivity index (χ3n) is 5.47. The zero-order valence-electron chi connectivity index (χ0n) is 15.3. The predicted octanol–water partition coefficient (Wildman–Crippen LogP) is 2.40. The number of carboxylic acids is 1. The van der Waals surface area contributed by atoms with E-state index in [-0.39, 0.29) is 24.2 Å². The molecule has 1 aromatic rings. The molecule has 3 unspecified atom stereocenters. The van der Waals surface area contributed by atoms with Crippen LogP contribution in [-0.4, -0.2) is 45.8 Å². The van der Waals surface area contributed by atoms with Crippen LogP contribution in [0.3, 0.4) is 0 Å². The first-order valence-electron chi connectivity index (χ1n) is 9.53. The number of hydrogen-bond acceptors (Lipinski definition) is 5. The summed E-state index contributed by atoms with van der Waals surface area (Å²) in [4.78, 5) is 15.7. The van der Waals surface area contributed by atoms with Crippen LogP contribution < -0.4 is 0 Å².